The smallest absolute Gasteiger partial charge is 0.134 e. The molecule has 1 aromatic carbocycles. The van der Waals surface area contributed by atoms with Crippen LogP contribution in [0.3, 0.4) is 0 Å². The summed E-state index contributed by atoms with van der Waals surface area (Å²) in [6.07, 6.45) is 1.78. The topological polar surface area (TPSA) is 54.6 Å². The molecule has 1 aromatic heterocycles. The Morgan fingerprint density at radius 2 is 2.12 bits per heavy atom. The van der Waals surface area contributed by atoms with Gasteiger partial charge in [-0.2, -0.15) is 0 Å². The van der Waals surface area contributed by atoms with Crippen molar-refractivity contribution in [3.05, 3.63) is 36.1 Å². The molecule has 2 rings (SSSR count). The molecule has 0 amide bonds. The summed E-state index contributed by atoms with van der Waals surface area (Å²) >= 11 is 0. The van der Waals surface area contributed by atoms with Gasteiger partial charge in [0, 0.05) is 24.0 Å². The molecular weight excluding hydrogens is 218 g/mol. The highest BCUT2D eigenvalue weighted by Gasteiger charge is 2.03. The first-order chi connectivity index (χ1) is 8.42. The van der Waals surface area contributed by atoms with Crippen molar-refractivity contribution < 1.29 is 14.3 Å². The van der Waals surface area contributed by atoms with Crippen LogP contribution in [0, 0.1) is 0 Å². The summed E-state index contributed by atoms with van der Waals surface area (Å²) < 4.78 is 10.6. The van der Waals surface area contributed by atoms with E-state index in [0.29, 0.717) is 13.2 Å². The molecule has 0 fully saturated rings. The maximum atomic E-state index is 8.53. The van der Waals surface area contributed by atoms with Crippen LogP contribution in [0.4, 0.5) is 0 Å². The quantitative estimate of drug-likeness (QED) is 0.715. The predicted octanol–water partition coefficient (Wildman–Crippen LogP) is 1.53. The minimum Gasteiger partial charge on any atom is -0.464 e. The van der Waals surface area contributed by atoms with E-state index in [1.807, 2.05) is 18.2 Å². The van der Waals surface area contributed by atoms with Crippen LogP contribution in [-0.4, -0.2) is 31.5 Å². The van der Waals surface area contributed by atoms with Gasteiger partial charge in [0.2, 0.25) is 0 Å². The fourth-order valence-electron chi connectivity index (χ4n) is 1.70. The Kier molecular flexibility index (Phi) is 4.55. The maximum Gasteiger partial charge on any atom is 0.134 e. The van der Waals surface area contributed by atoms with Gasteiger partial charge in [0.05, 0.1) is 26.1 Å². The third kappa shape index (κ3) is 3.30. The monoisotopic (exact) mass is 235 g/mol. The number of aliphatic hydroxyl groups excluding tert-OH is 1. The first-order valence-electron chi connectivity index (χ1n) is 5.76. The maximum absolute atomic E-state index is 8.53. The van der Waals surface area contributed by atoms with E-state index in [9.17, 15) is 0 Å². The van der Waals surface area contributed by atoms with E-state index in [0.717, 1.165) is 29.6 Å². The Labute approximate surface area is 100 Å². The normalized spacial score (nSPS) is 11.1. The van der Waals surface area contributed by atoms with E-state index in [1.165, 1.54) is 0 Å². The highest BCUT2D eigenvalue weighted by atomic mass is 16.5. The van der Waals surface area contributed by atoms with Gasteiger partial charge in [0.25, 0.3) is 0 Å². The lowest BCUT2D eigenvalue weighted by atomic mass is 10.2. The van der Waals surface area contributed by atoms with Gasteiger partial charge in [-0.15, -0.1) is 0 Å². The second-order valence-corrected chi connectivity index (χ2v) is 3.77. The standard InChI is InChI=1S/C13H17NO3/c15-6-8-16-7-5-14-9-11-10-17-13-4-2-1-3-12(11)13/h1-4,10,14-15H,5-9H2. The average molecular weight is 235 g/mol. The molecule has 1 heterocycles. The Hall–Kier alpha value is -1.36. The second kappa shape index (κ2) is 6.39. The number of aliphatic hydroxyl groups is 1. The van der Waals surface area contributed by atoms with Crippen molar-refractivity contribution in [2.75, 3.05) is 26.4 Å². The first kappa shape index (κ1) is 12.1. The van der Waals surface area contributed by atoms with Crippen molar-refractivity contribution in [1.29, 1.82) is 0 Å². The van der Waals surface area contributed by atoms with Crippen molar-refractivity contribution in [2.24, 2.45) is 0 Å². The zero-order chi connectivity index (χ0) is 11.9. The van der Waals surface area contributed by atoms with Gasteiger partial charge in [0.15, 0.2) is 0 Å². The van der Waals surface area contributed by atoms with Gasteiger partial charge >= 0.3 is 0 Å². The molecule has 0 aliphatic carbocycles. The number of ether oxygens (including phenoxy) is 1. The van der Waals surface area contributed by atoms with Crippen molar-refractivity contribution in [3.8, 4) is 0 Å². The van der Waals surface area contributed by atoms with Crippen LogP contribution in [-0.2, 0) is 11.3 Å². The summed E-state index contributed by atoms with van der Waals surface area (Å²) in [5, 5.41) is 13.0. The third-order valence-corrected chi connectivity index (χ3v) is 2.54. The third-order valence-electron chi connectivity index (χ3n) is 2.54. The number of benzene rings is 1. The van der Waals surface area contributed by atoms with Crippen molar-refractivity contribution >= 4 is 11.0 Å². The number of hydrogen-bond donors (Lipinski definition) is 2. The van der Waals surface area contributed by atoms with Gasteiger partial charge in [-0.25, -0.2) is 0 Å². The van der Waals surface area contributed by atoms with Gasteiger partial charge in [-0.05, 0) is 6.07 Å². The lowest BCUT2D eigenvalue weighted by Gasteiger charge is -2.04. The Morgan fingerprint density at radius 1 is 1.24 bits per heavy atom. The molecule has 0 bridgehead atoms. The Balaban J connectivity index is 1.79. The fraction of sp³-hybridized carbons (Fsp3) is 0.385. The van der Waals surface area contributed by atoms with E-state index in [1.54, 1.807) is 6.26 Å². The molecule has 0 radical (unpaired) electrons. The molecule has 17 heavy (non-hydrogen) atoms. The van der Waals surface area contributed by atoms with Gasteiger partial charge in [0.1, 0.15) is 5.58 Å². The first-order valence-corrected chi connectivity index (χ1v) is 5.76. The summed E-state index contributed by atoms with van der Waals surface area (Å²) in [5.74, 6) is 0. The molecule has 0 saturated heterocycles. The van der Waals surface area contributed by atoms with Gasteiger partial charge in [-0.3, -0.25) is 0 Å². The van der Waals surface area contributed by atoms with Crippen molar-refractivity contribution in [2.45, 2.75) is 6.54 Å². The van der Waals surface area contributed by atoms with Crippen LogP contribution in [0.2, 0.25) is 0 Å². The molecule has 2 N–H and O–H groups in total. The van der Waals surface area contributed by atoms with Gasteiger partial charge in [-0.1, -0.05) is 18.2 Å². The van der Waals surface area contributed by atoms with E-state index in [-0.39, 0.29) is 6.61 Å². The Bertz CT molecular complexity index is 453. The minimum absolute atomic E-state index is 0.0758. The molecule has 4 heteroatoms. The summed E-state index contributed by atoms with van der Waals surface area (Å²) in [5.41, 5.74) is 2.07. The lowest BCUT2D eigenvalue weighted by Crippen LogP contribution is -2.19. The van der Waals surface area contributed by atoms with Crippen LogP contribution in [0.1, 0.15) is 5.56 Å². The van der Waals surface area contributed by atoms with Crippen LogP contribution >= 0.6 is 0 Å². The van der Waals surface area contributed by atoms with Crippen LogP contribution in [0.25, 0.3) is 11.0 Å². The number of rotatable bonds is 7. The van der Waals surface area contributed by atoms with Crippen LogP contribution < -0.4 is 5.32 Å². The number of fused-ring (bicyclic) bond motifs is 1. The summed E-state index contributed by atoms with van der Waals surface area (Å²) in [4.78, 5) is 0. The molecule has 92 valence electrons. The van der Waals surface area contributed by atoms with E-state index in [4.69, 9.17) is 14.3 Å². The summed E-state index contributed by atoms with van der Waals surface area (Å²) in [7, 11) is 0. The number of hydrogen-bond acceptors (Lipinski definition) is 4. The van der Waals surface area contributed by atoms with Crippen LogP contribution in [0.5, 0.6) is 0 Å². The molecular formula is C13H17NO3. The van der Waals surface area contributed by atoms with Crippen molar-refractivity contribution in [3.63, 3.8) is 0 Å². The SMILES string of the molecule is OCCOCCNCc1coc2ccccc12. The number of para-hydroxylation sites is 1. The van der Waals surface area contributed by atoms with E-state index >= 15 is 0 Å². The van der Waals surface area contributed by atoms with Crippen molar-refractivity contribution in [1.82, 2.24) is 5.32 Å². The molecule has 0 saturated carbocycles. The van der Waals surface area contributed by atoms with E-state index in [2.05, 4.69) is 11.4 Å². The summed E-state index contributed by atoms with van der Waals surface area (Å²) in [6, 6.07) is 7.98. The Morgan fingerprint density at radius 3 is 3.00 bits per heavy atom. The number of nitrogens with one attached hydrogen (secondary N) is 1. The highest BCUT2D eigenvalue weighted by Crippen LogP contribution is 2.20. The molecule has 0 aliphatic heterocycles. The number of furan rings is 1. The van der Waals surface area contributed by atoms with Gasteiger partial charge < -0.3 is 19.6 Å². The molecule has 4 nitrogen and oxygen atoms in total. The zero-order valence-electron chi connectivity index (χ0n) is 9.69. The fourth-order valence-corrected chi connectivity index (χ4v) is 1.70. The highest BCUT2D eigenvalue weighted by molar-refractivity contribution is 5.80. The lowest BCUT2D eigenvalue weighted by molar-refractivity contribution is 0.0938. The molecule has 0 atom stereocenters. The van der Waals surface area contributed by atoms with E-state index < -0.39 is 0 Å². The molecule has 2 aromatic rings. The minimum atomic E-state index is 0.0758. The van der Waals surface area contributed by atoms with Crippen LogP contribution in [0.15, 0.2) is 34.9 Å². The molecule has 0 unspecified atom stereocenters. The molecule has 0 aliphatic rings. The average Bonchev–Trinajstić information content (AvgIpc) is 2.77. The molecule has 0 spiro atoms. The zero-order valence-corrected chi connectivity index (χ0v) is 9.69. The largest absolute Gasteiger partial charge is 0.464 e. The predicted molar refractivity (Wildman–Crippen MR) is 65.8 cm³/mol. The summed E-state index contributed by atoms with van der Waals surface area (Å²) in [6.45, 7) is 2.61. The second-order valence-electron chi connectivity index (χ2n) is 3.77.